The van der Waals surface area contributed by atoms with Gasteiger partial charge in [-0.3, -0.25) is 9.59 Å². The van der Waals surface area contributed by atoms with E-state index in [0.29, 0.717) is 49.9 Å². The van der Waals surface area contributed by atoms with E-state index in [1.54, 1.807) is 31.2 Å². The standard InChI is InChI=1S/C38H49N7O5/c1-25(39)28-12-14-32(15-13-28)43-35(47)33(44-34(46)29-10-8-26(9-11-29)22-42-37(48)50-38(2,3)4)21-27-6-5-7-30(20-27)31-23-40-36(41-24-31)45-16-18-49-19-17-45/h5-7,12-15,20,23-24,26,29,33,39H,8-11,16-19,21-22H2,1-4H3,(H,42,48)(H,43,47)(H,44,46)/t26?,29?,33-/m0/s1. The molecule has 12 heteroatoms. The summed E-state index contributed by atoms with van der Waals surface area (Å²) < 4.78 is 10.8. The van der Waals surface area contributed by atoms with E-state index in [0.717, 1.165) is 48.2 Å². The van der Waals surface area contributed by atoms with Gasteiger partial charge in [0.15, 0.2) is 0 Å². The van der Waals surface area contributed by atoms with E-state index in [9.17, 15) is 14.4 Å². The minimum absolute atomic E-state index is 0.151. The summed E-state index contributed by atoms with van der Waals surface area (Å²) in [4.78, 5) is 50.8. The van der Waals surface area contributed by atoms with Crippen molar-refractivity contribution in [3.63, 3.8) is 0 Å². The van der Waals surface area contributed by atoms with Crippen LogP contribution in [0.4, 0.5) is 16.4 Å². The van der Waals surface area contributed by atoms with Crippen molar-refractivity contribution in [1.29, 1.82) is 5.41 Å². The van der Waals surface area contributed by atoms with E-state index in [1.807, 2.05) is 57.4 Å². The van der Waals surface area contributed by atoms with Crippen LogP contribution < -0.4 is 20.9 Å². The first kappa shape index (κ1) is 36.4. The lowest BCUT2D eigenvalue weighted by molar-refractivity contribution is -0.130. The Morgan fingerprint density at radius 2 is 1.66 bits per heavy atom. The average Bonchev–Trinajstić information content (AvgIpc) is 3.10. The molecule has 1 aliphatic carbocycles. The first-order valence-corrected chi connectivity index (χ1v) is 17.4. The molecule has 0 bridgehead atoms. The van der Waals surface area contributed by atoms with E-state index in [2.05, 4.69) is 30.8 Å². The van der Waals surface area contributed by atoms with Gasteiger partial charge in [-0.05, 0) is 88.1 Å². The molecule has 2 aliphatic rings. The largest absolute Gasteiger partial charge is 0.444 e. The molecule has 50 heavy (non-hydrogen) atoms. The fraction of sp³-hybridized carbons (Fsp3) is 0.474. The number of benzene rings is 2. The molecule has 2 fully saturated rings. The summed E-state index contributed by atoms with van der Waals surface area (Å²) in [5.74, 6) is 0.224. The van der Waals surface area contributed by atoms with Crippen LogP contribution in [0.25, 0.3) is 11.1 Å². The molecule has 12 nitrogen and oxygen atoms in total. The zero-order chi connectivity index (χ0) is 35.7. The minimum atomic E-state index is -0.826. The SMILES string of the molecule is CC(=N)c1ccc(NC(=O)[C@H](Cc2cccc(-c3cnc(N4CCOCC4)nc3)c2)NC(=O)C2CCC(CNC(=O)OC(C)(C)C)CC2)cc1. The molecule has 1 saturated carbocycles. The maximum Gasteiger partial charge on any atom is 0.407 e. The van der Waals surface area contributed by atoms with Crippen molar-refractivity contribution in [2.75, 3.05) is 43.1 Å². The zero-order valence-electron chi connectivity index (χ0n) is 29.5. The Kier molecular flexibility index (Phi) is 12.2. The highest BCUT2D eigenvalue weighted by Gasteiger charge is 2.30. The summed E-state index contributed by atoms with van der Waals surface area (Å²) in [6, 6.07) is 14.1. The van der Waals surface area contributed by atoms with Crippen molar-refractivity contribution in [3.8, 4) is 11.1 Å². The first-order valence-electron chi connectivity index (χ1n) is 17.4. The maximum atomic E-state index is 13.7. The van der Waals surface area contributed by atoms with Crippen LogP contribution in [0.15, 0.2) is 60.9 Å². The number of carbonyl (C=O) groups excluding carboxylic acids is 3. The van der Waals surface area contributed by atoms with E-state index in [-0.39, 0.29) is 30.1 Å². The van der Waals surface area contributed by atoms with Gasteiger partial charge < -0.3 is 35.7 Å². The number of hydrogen-bond donors (Lipinski definition) is 4. The second kappa shape index (κ2) is 16.7. The zero-order valence-corrected chi connectivity index (χ0v) is 29.5. The van der Waals surface area contributed by atoms with Crippen LogP contribution in [0, 0.1) is 17.2 Å². The van der Waals surface area contributed by atoms with Gasteiger partial charge in [0.2, 0.25) is 17.8 Å². The second-order valence-corrected chi connectivity index (χ2v) is 14.1. The fourth-order valence-corrected chi connectivity index (χ4v) is 6.21. The number of rotatable bonds is 11. The van der Waals surface area contributed by atoms with Gasteiger partial charge in [0.25, 0.3) is 0 Å². The molecule has 266 valence electrons. The number of amides is 3. The monoisotopic (exact) mass is 683 g/mol. The summed E-state index contributed by atoms with van der Waals surface area (Å²) >= 11 is 0. The number of aromatic nitrogens is 2. The highest BCUT2D eigenvalue weighted by atomic mass is 16.6. The molecule has 4 N–H and O–H groups in total. The molecule has 3 amide bonds. The van der Waals surface area contributed by atoms with Crippen molar-refractivity contribution >= 4 is 35.3 Å². The molecular formula is C38H49N7O5. The van der Waals surface area contributed by atoms with E-state index in [4.69, 9.17) is 14.9 Å². The smallest absolute Gasteiger partial charge is 0.407 e. The molecule has 0 spiro atoms. The number of nitrogens with one attached hydrogen (secondary N) is 4. The van der Waals surface area contributed by atoms with E-state index >= 15 is 0 Å². The van der Waals surface area contributed by atoms with Crippen LogP contribution in [0.5, 0.6) is 0 Å². The topological polar surface area (TPSA) is 159 Å². The van der Waals surface area contributed by atoms with E-state index < -0.39 is 17.7 Å². The van der Waals surface area contributed by atoms with Crippen LogP contribution in [0.3, 0.4) is 0 Å². The van der Waals surface area contributed by atoms with Crippen molar-refractivity contribution in [3.05, 3.63) is 72.1 Å². The Balaban J connectivity index is 1.25. The third kappa shape index (κ3) is 10.6. The molecule has 1 saturated heterocycles. The van der Waals surface area contributed by atoms with Crippen molar-refractivity contribution in [1.82, 2.24) is 20.6 Å². The van der Waals surface area contributed by atoms with Gasteiger partial charge in [-0.2, -0.15) is 0 Å². The molecule has 1 aliphatic heterocycles. The first-order chi connectivity index (χ1) is 23.9. The summed E-state index contributed by atoms with van der Waals surface area (Å²) in [6.07, 6.45) is 6.38. The number of nitrogens with zero attached hydrogens (tertiary/aromatic N) is 3. The number of carbonyl (C=O) groups is 3. The van der Waals surface area contributed by atoms with Gasteiger partial charge in [-0.1, -0.05) is 36.4 Å². The molecule has 0 unspecified atom stereocenters. The summed E-state index contributed by atoms with van der Waals surface area (Å²) in [7, 11) is 0. The van der Waals surface area contributed by atoms with Gasteiger partial charge in [0, 0.05) is 61.3 Å². The number of morpholine rings is 1. The fourth-order valence-electron chi connectivity index (χ4n) is 6.21. The van der Waals surface area contributed by atoms with Crippen molar-refractivity contribution < 1.29 is 23.9 Å². The molecule has 2 aromatic carbocycles. The Morgan fingerprint density at radius 1 is 0.980 bits per heavy atom. The van der Waals surface area contributed by atoms with Gasteiger partial charge in [-0.25, -0.2) is 14.8 Å². The normalized spacial score (nSPS) is 18.4. The maximum absolute atomic E-state index is 13.7. The highest BCUT2D eigenvalue weighted by molar-refractivity contribution is 5.99. The van der Waals surface area contributed by atoms with Crippen LogP contribution in [-0.4, -0.2) is 78.1 Å². The van der Waals surface area contributed by atoms with E-state index in [1.165, 1.54) is 0 Å². The molecule has 0 radical (unpaired) electrons. The predicted octanol–water partition coefficient (Wildman–Crippen LogP) is 5.37. The van der Waals surface area contributed by atoms with Gasteiger partial charge in [0.1, 0.15) is 11.6 Å². The Hall–Kier alpha value is -4.84. The summed E-state index contributed by atoms with van der Waals surface area (Å²) in [5, 5.41) is 16.7. The molecule has 5 rings (SSSR count). The van der Waals surface area contributed by atoms with Crippen LogP contribution in [0.1, 0.15) is 64.5 Å². The number of alkyl carbamates (subject to hydrolysis) is 1. The number of hydrogen-bond acceptors (Lipinski definition) is 9. The third-order valence-electron chi connectivity index (χ3n) is 9.00. The van der Waals surface area contributed by atoms with Crippen molar-refractivity contribution in [2.24, 2.45) is 11.8 Å². The predicted molar refractivity (Wildman–Crippen MR) is 193 cm³/mol. The number of ether oxygens (including phenoxy) is 2. The van der Waals surface area contributed by atoms with Gasteiger partial charge >= 0.3 is 6.09 Å². The average molecular weight is 684 g/mol. The molecular weight excluding hydrogens is 634 g/mol. The van der Waals surface area contributed by atoms with Crippen molar-refractivity contribution in [2.45, 2.75) is 71.4 Å². The lowest BCUT2D eigenvalue weighted by Crippen LogP contribution is -2.48. The molecule has 2 heterocycles. The summed E-state index contributed by atoms with van der Waals surface area (Å²) in [6.45, 7) is 10.5. The third-order valence-corrected chi connectivity index (χ3v) is 9.00. The molecule has 1 atom stereocenters. The number of anilines is 2. The molecule has 3 aromatic rings. The second-order valence-electron chi connectivity index (χ2n) is 14.1. The quantitative estimate of drug-likeness (QED) is 0.197. The lowest BCUT2D eigenvalue weighted by atomic mass is 9.81. The Morgan fingerprint density at radius 3 is 2.30 bits per heavy atom. The molecule has 1 aromatic heterocycles. The Labute approximate surface area is 294 Å². The van der Waals surface area contributed by atoms with Crippen LogP contribution in [0.2, 0.25) is 0 Å². The summed E-state index contributed by atoms with van der Waals surface area (Å²) in [5.41, 5.74) is 3.88. The minimum Gasteiger partial charge on any atom is -0.444 e. The van der Waals surface area contributed by atoms with Crippen LogP contribution >= 0.6 is 0 Å². The van der Waals surface area contributed by atoms with Gasteiger partial charge in [-0.15, -0.1) is 0 Å². The highest BCUT2D eigenvalue weighted by Crippen LogP contribution is 2.29. The van der Waals surface area contributed by atoms with Gasteiger partial charge in [0.05, 0.1) is 13.2 Å². The lowest BCUT2D eigenvalue weighted by Gasteiger charge is -2.29. The Bertz CT molecular complexity index is 1620. The van der Waals surface area contributed by atoms with Crippen LogP contribution in [-0.2, 0) is 25.5 Å².